The monoisotopic (exact) mass is 352 g/mol. The molecule has 1 aromatic carbocycles. The van der Waals surface area contributed by atoms with Crippen LogP contribution in [0.1, 0.15) is 30.8 Å². The number of amides is 1. The Labute approximate surface area is 145 Å². The second-order valence-electron chi connectivity index (χ2n) is 5.51. The van der Waals surface area contributed by atoms with E-state index >= 15 is 0 Å². The minimum Gasteiger partial charge on any atom is -0.370 e. The number of anilines is 2. The van der Waals surface area contributed by atoms with E-state index in [1.54, 1.807) is 24.3 Å². The van der Waals surface area contributed by atoms with Gasteiger partial charge in [-0.25, -0.2) is 9.97 Å². The van der Waals surface area contributed by atoms with Crippen molar-refractivity contribution in [3.05, 3.63) is 46.3 Å². The van der Waals surface area contributed by atoms with E-state index < -0.39 is 0 Å². The number of rotatable bonds is 6. The molecule has 2 aromatic rings. The largest absolute Gasteiger partial charge is 0.370 e. The first-order valence-corrected chi connectivity index (χ1v) is 8.03. The third kappa shape index (κ3) is 5.69. The van der Waals surface area contributed by atoms with E-state index in [0.717, 1.165) is 13.0 Å². The highest BCUT2D eigenvalue weighted by Gasteiger charge is 2.10. The number of halogens is 2. The number of nitrogens with zero attached hydrogens (tertiary/aromatic N) is 2. The summed E-state index contributed by atoms with van der Waals surface area (Å²) < 4.78 is 0. The molecular weight excluding hydrogens is 335 g/mol. The summed E-state index contributed by atoms with van der Waals surface area (Å²) in [5.74, 6) is 0.868. The lowest BCUT2D eigenvalue weighted by Crippen LogP contribution is -2.15. The number of aromatic nitrogens is 2. The standard InChI is InChI=1S/C16H18Cl2N4O/c1-10(2)3-4-19-15-8-14(20-9-21-15)16(23)22-13-6-11(17)5-12(18)7-13/h5-10H,3-4H2,1-2H3,(H,22,23)(H,19,20,21). The summed E-state index contributed by atoms with van der Waals surface area (Å²) in [6.45, 7) is 5.09. The molecule has 0 saturated heterocycles. The van der Waals surface area contributed by atoms with Crippen molar-refractivity contribution in [2.75, 3.05) is 17.2 Å². The van der Waals surface area contributed by atoms with E-state index in [1.165, 1.54) is 6.33 Å². The van der Waals surface area contributed by atoms with Crippen molar-refractivity contribution < 1.29 is 4.79 Å². The fraction of sp³-hybridized carbons (Fsp3) is 0.312. The highest BCUT2D eigenvalue weighted by atomic mass is 35.5. The molecule has 5 nitrogen and oxygen atoms in total. The lowest BCUT2D eigenvalue weighted by molar-refractivity contribution is 0.102. The molecule has 0 saturated carbocycles. The lowest BCUT2D eigenvalue weighted by atomic mass is 10.1. The molecule has 0 aliphatic rings. The van der Waals surface area contributed by atoms with Crippen LogP contribution < -0.4 is 10.6 Å². The van der Waals surface area contributed by atoms with Crippen molar-refractivity contribution in [1.82, 2.24) is 9.97 Å². The Morgan fingerprint density at radius 1 is 1.13 bits per heavy atom. The quantitative estimate of drug-likeness (QED) is 0.803. The molecule has 2 N–H and O–H groups in total. The minimum absolute atomic E-state index is 0.267. The van der Waals surface area contributed by atoms with Gasteiger partial charge in [0.2, 0.25) is 0 Å². The summed E-state index contributed by atoms with van der Waals surface area (Å²) in [4.78, 5) is 20.4. The van der Waals surface area contributed by atoms with E-state index in [0.29, 0.717) is 27.5 Å². The summed E-state index contributed by atoms with van der Waals surface area (Å²) in [5, 5.41) is 6.80. The van der Waals surface area contributed by atoms with Gasteiger partial charge in [0, 0.05) is 28.3 Å². The number of carbonyl (C=O) groups excluding carboxylic acids is 1. The minimum atomic E-state index is -0.349. The second kappa shape index (κ2) is 8.13. The maximum absolute atomic E-state index is 12.3. The predicted octanol–water partition coefficient (Wildman–Crippen LogP) is 4.49. The van der Waals surface area contributed by atoms with Crippen LogP contribution in [-0.2, 0) is 0 Å². The topological polar surface area (TPSA) is 66.9 Å². The summed E-state index contributed by atoms with van der Waals surface area (Å²) in [5.41, 5.74) is 0.781. The van der Waals surface area contributed by atoms with E-state index in [4.69, 9.17) is 23.2 Å². The van der Waals surface area contributed by atoms with Crippen molar-refractivity contribution in [3.63, 3.8) is 0 Å². The van der Waals surface area contributed by atoms with Crippen LogP contribution >= 0.6 is 23.2 Å². The summed E-state index contributed by atoms with van der Waals surface area (Å²) in [6.07, 6.45) is 2.38. The van der Waals surface area contributed by atoms with Gasteiger partial charge in [0.25, 0.3) is 5.91 Å². The highest BCUT2D eigenvalue weighted by molar-refractivity contribution is 6.35. The van der Waals surface area contributed by atoms with Gasteiger partial charge in [-0.15, -0.1) is 0 Å². The fourth-order valence-corrected chi connectivity index (χ4v) is 2.41. The molecule has 1 amide bonds. The van der Waals surface area contributed by atoms with E-state index in [-0.39, 0.29) is 11.6 Å². The van der Waals surface area contributed by atoms with E-state index in [2.05, 4.69) is 34.4 Å². The maximum atomic E-state index is 12.3. The average molecular weight is 353 g/mol. The Hall–Kier alpha value is -1.85. The smallest absolute Gasteiger partial charge is 0.274 e. The molecule has 0 fully saturated rings. The molecule has 0 bridgehead atoms. The Kier molecular flexibility index (Phi) is 6.19. The molecule has 0 unspecified atom stereocenters. The number of nitrogens with one attached hydrogen (secondary N) is 2. The number of benzene rings is 1. The zero-order chi connectivity index (χ0) is 16.8. The Bertz CT molecular complexity index is 671. The molecule has 1 aromatic heterocycles. The van der Waals surface area contributed by atoms with Gasteiger partial charge in [-0.1, -0.05) is 37.0 Å². The zero-order valence-electron chi connectivity index (χ0n) is 12.9. The third-order valence-corrected chi connectivity index (χ3v) is 3.48. The van der Waals surface area contributed by atoms with Crippen LogP contribution in [0, 0.1) is 5.92 Å². The first-order valence-electron chi connectivity index (χ1n) is 7.27. The molecule has 7 heteroatoms. The van der Waals surface area contributed by atoms with Gasteiger partial charge >= 0.3 is 0 Å². The van der Waals surface area contributed by atoms with Crippen LogP contribution in [0.3, 0.4) is 0 Å². The van der Waals surface area contributed by atoms with Crippen LogP contribution in [0.2, 0.25) is 10.0 Å². The fourth-order valence-electron chi connectivity index (χ4n) is 1.89. The van der Waals surface area contributed by atoms with Crippen molar-refractivity contribution in [2.45, 2.75) is 20.3 Å². The molecule has 0 spiro atoms. The molecule has 0 aliphatic carbocycles. The summed E-state index contributed by atoms with van der Waals surface area (Å²) in [7, 11) is 0. The summed E-state index contributed by atoms with van der Waals surface area (Å²) >= 11 is 11.8. The molecule has 1 heterocycles. The predicted molar refractivity (Wildman–Crippen MR) is 94.4 cm³/mol. The first kappa shape index (κ1) is 17.5. The van der Waals surface area contributed by atoms with Crippen molar-refractivity contribution >= 4 is 40.6 Å². The second-order valence-corrected chi connectivity index (χ2v) is 6.38. The van der Waals surface area contributed by atoms with Crippen molar-refractivity contribution in [3.8, 4) is 0 Å². The molecule has 0 radical (unpaired) electrons. The Morgan fingerprint density at radius 3 is 2.48 bits per heavy atom. The van der Waals surface area contributed by atoms with Crippen LogP contribution in [0.25, 0.3) is 0 Å². The summed E-state index contributed by atoms with van der Waals surface area (Å²) in [6, 6.07) is 6.45. The highest BCUT2D eigenvalue weighted by Crippen LogP contribution is 2.22. The van der Waals surface area contributed by atoms with Crippen molar-refractivity contribution in [1.29, 1.82) is 0 Å². The van der Waals surface area contributed by atoms with Gasteiger partial charge in [-0.2, -0.15) is 0 Å². The van der Waals surface area contributed by atoms with E-state index in [9.17, 15) is 4.79 Å². The number of hydrogen-bond donors (Lipinski definition) is 2. The van der Waals surface area contributed by atoms with Gasteiger partial charge < -0.3 is 10.6 Å². The van der Waals surface area contributed by atoms with Gasteiger partial charge in [-0.05, 0) is 30.5 Å². The molecule has 0 atom stereocenters. The zero-order valence-corrected chi connectivity index (χ0v) is 14.4. The Morgan fingerprint density at radius 2 is 1.83 bits per heavy atom. The van der Waals surface area contributed by atoms with Crippen LogP contribution in [-0.4, -0.2) is 22.4 Å². The molecule has 0 aliphatic heterocycles. The van der Waals surface area contributed by atoms with Crippen LogP contribution in [0.15, 0.2) is 30.6 Å². The van der Waals surface area contributed by atoms with Crippen LogP contribution in [0.4, 0.5) is 11.5 Å². The van der Waals surface area contributed by atoms with Gasteiger partial charge in [0.1, 0.15) is 17.8 Å². The first-order chi connectivity index (χ1) is 10.9. The van der Waals surface area contributed by atoms with Gasteiger partial charge in [0.05, 0.1) is 0 Å². The maximum Gasteiger partial charge on any atom is 0.274 e. The van der Waals surface area contributed by atoms with E-state index in [1.807, 2.05) is 0 Å². The van der Waals surface area contributed by atoms with Crippen molar-refractivity contribution in [2.24, 2.45) is 5.92 Å². The number of carbonyl (C=O) groups is 1. The lowest BCUT2D eigenvalue weighted by Gasteiger charge is -2.09. The molecular formula is C16H18Cl2N4O. The SMILES string of the molecule is CC(C)CCNc1cc(C(=O)Nc2cc(Cl)cc(Cl)c2)ncn1. The molecule has 122 valence electrons. The molecule has 2 rings (SSSR count). The molecule has 23 heavy (non-hydrogen) atoms. The number of hydrogen-bond acceptors (Lipinski definition) is 4. The average Bonchev–Trinajstić information content (AvgIpc) is 2.46. The van der Waals surface area contributed by atoms with Gasteiger partial charge in [-0.3, -0.25) is 4.79 Å². The third-order valence-electron chi connectivity index (χ3n) is 3.05. The normalized spacial score (nSPS) is 10.7. The Balaban J connectivity index is 2.04. The van der Waals surface area contributed by atoms with Crippen LogP contribution in [0.5, 0.6) is 0 Å². The van der Waals surface area contributed by atoms with Gasteiger partial charge in [0.15, 0.2) is 0 Å².